The van der Waals surface area contributed by atoms with Crippen LogP contribution in [0.4, 0.5) is 5.69 Å². The van der Waals surface area contributed by atoms with Gasteiger partial charge in [0.25, 0.3) is 5.69 Å². The Morgan fingerprint density at radius 1 is 1.19 bits per heavy atom. The third-order valence-corrected chi connectivity index (χ3v) is 3.40. The topological polar surface area (TPSA) is 80.4 Å². The van der Waals surface area contributed by atoms with Crippen molar-refractivity contribution in [1.82, 2.24) is 0 Å². The molecule has 0 heterocycles. The average molecular weight is 306 g/mol. The van der Waals surface area contributed by atoms with Gasteiger partial charge in [-0.3, -0.25) is 14.9 Å². The minimum Gasteiger partial charge on any atom is -0.480 e. The van der Waals surface area contributed by atoms with Gasteiger partial charge in [-0.15, -0.1) is 11.6 Å². The lowest BCUT2D eigenvalue weighted by atomic mass is 10.00. The number of carboxylic acid groups (broad SMARTS) is 1. The van der Waals surface area contributed by atoms with Crippen LogP contribution >= 0.6 is 11.6 Å². The first-order chi connectivity index (χ1) is 9.99. The Kier molecular flexibility index (Phi) is 4.55. The van der Waals surface area contributed by atoms with Gasteiger partial charge in [-0.1, -0.05) is 42.5 Å². The van der Waals surface area contributed by atoms with E-state index in [0.717, 1.165) is 5.56 Å². The standard InChI is InChI=1S/C15H12ClNO4/c16-13(15(18)19)8-12-7-6-11(9-14(12)17(20)21)10-4-2-1-3-5-10/h1-7,9,13H,8H2,(H,18,19). The molecule has 1 N–H and O–H groups in total. The molecular formula is C15H12ClNO4. The van der Waals surface area contributed by atoms with Crippen molar-refractivity contribution in [3.63, 3.8) is 0 Å². The second kappa shape index (κ2) is 6.37. The van der Waals surface area contributed by atoms with Crippen LogP contribution in [0.25, 0.3) is 11.1 Å². The summed E-state index contributed by atoms with van der Waals surface area (Å²) in [7, 11) is 0. The summed E-state index contributed by atoms with van der Waals surface area (Å²) in [6.07, 6.45) is -0.0950. The summed E-state index contributed by atoms with van der Waals surface area (Å²) in [5, 5.41) is 18.8. The number of nitrogens with zero attached hydrogens (tertiary/aromatic N) is 1. The molecule has 5 nitrogen and oxygen atoms in total. The summed E-state index contributed by atoms with van der Waals surface area (Å²) in [4.78, 5) is 21.4. The van der Waals surface area contributed by atoms with Crippen molar-refractivity contribution in [3.8, 4) is 11.1 Å². The molecule has 0 aliphatic carbocycles. The van der Waals surface area contributed by atoms with Crippen molar-refractivity contribution in [2.45, 2.75) is 11.8 Å². The number of carboxylic acids is 1. The Hall–Kier alpha value is -2.40. The number of nitro benzene ring substituents is 1. The summed E-state index contributed by atoms with van der Waals surface area (Å²) < 4.78 is 0. The van der Waals surface area contributed by atoms with Gasteiger partial charge >= 0.3 is 5.97 Å². The number of hydrogen-bond acceptors (Lipinski definition) is 3. The zero-order valence-electron chi connectivity index (χ0n) is 10.9. The van der Waals surface area contributed by atoms with Gasteiger partial charge in [-0.2, -0.15) is 0 Å². The predicted octanol–water partition coefficient (Wildman–Crippen LogP) is 3.50. The number of halogens is 1. The summed E-state index contributed by atoms with van der Waals surface area (Å²) >= 11 is 5.66. The molecule has 0 aliphatic rings. The number of hydrogen-bond donors (Lipinski definition) is 1. The smallest absolute Gasteiger partial charge is 0.321 e. The Morgan fingerprint density at radius 3 is 2.43 bits per heavy atom. The molecule has 6 heteroatoms. The Labute approximate surface area is 125 Å². The molecule has 1 atom stereocenters. The second-order valence-corrected chi connectivity index (χ2v) is 5.00. The van der Waals surface area contributed by atoms with Crippen LogP contribution in [0.15, 0.2) is 48.5 Å². The highest BCUT2D eigenvalue weighted by molar-refractivity contribution is 6.29. The number of aliphatic carboxylic acids is 1. The van der Waals surface area contributed by atoms with E-state index in [1.807, 2.05) is 30.3 Å². The normalized spacial score (nSPS) is 11.9. The van der Waals surface area contributed by atoms with Crippen molar-refractivity contribution < 1.29 is 14.8 Å². The van der Waals surface area contributed by atoms with Crippen molar-refractivity contribution in [1.29, 1.82) is 0 Å². The van der Waals surface area contributed by atoms with E-state index < -0.39 is 16.3 Å². The van der Waals surface area contributed by atoms with Gasteiger partial charge < -0.3 is 5.11 Å². The summed E-state index contributed by atoms with van der Waals surface area (Å²) in [5.41, 5.74) is 1.74. The van der Waals surface area contributed by atoms with E-state index in [1.54, 1.807) is 12.1 Å². The monoisotopic (exact) mass is 305 g/mol. The first kappa shape index (κ1) is 15.0. The van der Waals surface area contributed by atoms with Crippen molar-refractivity contribution in [2.75, 3.05) is 0 Å². The lowest BCUT2D eigenvalue weighted by Gasteiger charge is -2.08. The zero-order valence-corrected chi connectivity index (χ0v) is 11.7. The quantitative estimate of drug-likeness (QED) is 0.521. The van der Waals surface area contributed by atoms with E-state index in [9.17, 15) is 14.9 Å². The van der Waals surface area contributed by atoms with Crippen LogP contribution in [-0.2, 0) is 11.2 Å². The van der Waals surface area contributed by atoms with Crippen LogP contribution in [-0.4, -0.2) is 21.4 Å². The number of alkyl halides is 1. The van der Waals surface area contributed by atoms with Gasteiger partial charge in [-0.25, -0.2) is 0 Å². The minimum absolute atomic E-state index is 0.0950. The maximum atomic E-state index is 11.2. The molecule has 1 unspecified atom stereocenters. The van der Waals surface area contributed by atoms with Crippen LogP contribution in [0.3, 0.4) is 0 Å². The fraction of sp³-hybridized carbons (Fsp3) is 0.133. The van der Waals surface area contributed by atoms with E-state index in [2.05, 4.69) is 0 Å². The van der Waals surface area contributed by atoms with Crippen LogP contribution in [0.5, 0.6) is 0 Å². The fourth-order valence-electron chi connectivity index (χ4n) is 2.00. The van der Waals surface area contributed by atoms with E-state index in [-0.39, 0.29) is 12.1 Å². The van der Waals surface area contributed by atoms with Crippen LogP contribution in [0, 0.1) is 10.1 Å². The summed E-state index contributed by atoms with van der Waals surface area (Å²) in [5.74, 6) is -1.20. The molecule has 0 aromatic heterocycles. The number of nitro groups is 1. The van der Waals surface area contributed by atoms with Crippen LogP contribution in [0.2, 0.25) is 0 Å². The molecule has 108 valence electrons. The summed E-state index contributed by atoms with van der Waals surface area (Å²) in [6.45, 7) is 0. The zero-order chi connectivity index (χ0) is 15.4. The minimum atomic E-state index is -1.20. The fourth-order valence-corrected chi connectivity index (χ4v) is 2.16. The molecule has 0 spiro atoms. The number of rotatable bonds is 5. The maximum Gasteiger partial charge on any atom is 0.321 e. The van der Waals surface area contributed by atoms with Gasteiger partial charge in [0.2, 0.25) is 0 Å². The Morgan fingerprint density at radius 2 is 1.86 bits per heavy atom. The summed E-state index contributed by atoms with van der Waals surface area (Å²) in [6, 6.07) is 14.0. The van der Waals surface area contributed by atoms with Gasteiger partial charge in [0, 0.05) is 18.1 Å². The SMILES string of the molecule is O=C(O)C(Cl)Cc1ccc(-c2ccccc2)cc1[N+](=O)[O-]. The highest BCUT2D eigenvalue weighted by atomic mass is 35.5. The van der Waals surface area contributed by atoms with Gasteiger partial charge in [0.05, 0.1) is 4.92 Å². The van der Waals surface area contributed by atoms with Crippen molar-refractivity contribution in [3.05, 3.63) is 64.2 Å². The largest absolute Gasteiger partial charge is 0.480 e. The van der Waals surface area contributed by atoms with Crippen LogP contribution < -0.4 is 0 Å². The Balaban J connectivity index is 2.40. The van der Waals surface area contributed by atoms with Crippen molar-refractivity contribution in [2.24, 2.45) is 0 Å². The number of carbonyl (C=O) groups is 1. The second-order valence-electron chi connectivity index (χ2n) is 4.48. The first-order valence-electron chi connectivity index (χ1n) is 6.18. The molecule has 0 aliphatic heterocycles. The molecule has 2 aromatic carbocycles. The van der Waals surface area contributed by atoms with Gasteiger partial charge in [0.1, 0.15) is 5.38 Å². The highest BCUT2D eigenvalue weighted by Crippen LogP contribution is 2.28. The lowest BCUT2D eigenvalue weighted by Crippen LogP contribution is -2.16. The highest BCUT2D eigenvalue weighted by Gasteiger charge is 2.21. The van der Waals surface area contributed by atoms with Gasteiger partial charge in [-0.05, 0) is 11.1 Å². The maximum absolute atomic E-state index is 11.2. The molecule has 2 aromatic rings. The van der Waals surface area contributed by atoms with Crippen LogP contribution in [0.1, 0.15) is 5.56 Å². The van der Waals surface area contributed by atoms with E-state index >= 15 is 0 Å². The molecule has 0 amide bonds. The number of benzene rings is 2. The first-order valence-corrected chi connectivity index (χ1v) is 6.62. The predicted molar refractivity (Wildman–Crippen MR) is 79.5 cm³/mol. The Bertz CT molecular complexity index is 673. The molecule has 0 saturated carbocycles. The third kappa shape index (κ3) is 3.58. The van der Waals surface area contributed by atoms with E-state index in [0.29, 0.717) is 11.1 Å². The molecule has 0 radical (unpaired) electrons. The molecule has 0 bridgehead atoms. The van der Waals surface area contributed by atoms with Gasteiger partial charge in [0.15, 0.2) is 0 Å². The van der Waals surface area contributed by atoms with Crippen molar-refractivity contribution >= 4 is 23.3 Å². The third-order valence-electron chi connectivity index (χ3n) is 3.06. The average Bonchev–Trinajstić information content (AvgIpc) is 2.48. The lowest BCUT2D eigenvalue weighted by molar-refractivity contribution is -0.385. The molecule has 0 fully saturated rings. The molecule has 21 heavy (non-hydrogen) atoms. The van der Waals surface area contributed by atoms with E-state index in [4.69, 9.17) is 16.7 Å². The molecule has 2 rings (SSSR count). The van der Waals surface area contributed by atoms with E-state index in [1.165, 1.54) is 6.07 Å². The molecular weight excluding hydrogens is 294 g/mol. The molecule has 0 saturated heterocycles.